The molecule has 3 aromatic rings. The van der Waals surface area contributed by atoms with Crippen molar-refractivity contribution in [2.24, 2.45) is 0 Å². The fourth-order valence-electron chi connectivity index (χ4n) is 4.64. The number of fused-ring (bicyclic) bond motifs is 1. The van der Waals surface area contributed by atoms with Crippen LogP contribution < -0.4 is 19.5 Å². The Kier molecular flexibility index (Phi) is 7.46. The number of benzene rings is 2. The molecule has 1 aliphatic carbocycles. The van der Waals surface area contributed by atoms with Crippen LogP contribution >= 0.6 is 0 Å². The molecular formula is C28H33NO5. The van der Waals surface area contributed by atoms with E-state index in [9.17, 15) is 4.79 Å². The smallest absolute Gasteiger partial charge is 0.244 e. The van der Waals surface area contributed by atoms with E-state index in [4.69, 9.17) is 18.6 Å². The summed E-state index contributed by atoms with van der Waals surface area (Å²) in [6.45, 7) is 4.39. The van der Waals surface area contributed by atoms with Crippen molar-refractivity contribution in [3.05, 3.63) is 48.2 Å². The summed E-state index contributed by atoms with van der Waals surface area (Å²) < 4.78 is 22.8. The Hall–Kier alpha value is -3.41. The summed E-state index contributed by atoms with van der Waals surface area (Å²) in [7, 11) is 3.28. The summed E-state index contributed by atoms with van der Waals surface area (Å²) in [5, 5.41) is 4.07. The zero-order valence-corrected chi connectivity index (χ0v) is 20.4. The SMILES string of the molecule is CCOc1cc2occ(-c3cc(OC)ccc3OC)c2cc1/C(C)=C/C(=O)NC1CCCCC1. The van der Waals surface area contributed by atoms with Gasteiger partial charge in [0.25, 0.3) is 0 Å². The van der Waals surface area contributed by atoms with Crippen LogP contribution in [-0.2, 0) is 4.79 Å². The van der Waals surface area contributed by atoms with Crippen LogP contribution in [0.3, 0.4) is 0 Å². The van der Waals surface area contributed by atoms with Crippen LogP contribution in [0.4, 0.5) is 0 Å². The summed E-state index contributed by atoms with van der Waals surface area (Å²) in [5.41, 5.74) is 4.15. The van der Waals surface area contributed by atoms with Crippen molar-refractivity contribution in [1.82, 2.24) is 5.32 Å². The predicted molar refractivity (Wildman–Crippen MR) is 135 cm³/mol. The highest BCUT2D eigenvalue weighted by molar-refractivity contribution is 6.01. The predicted octanol–water partition coefficient (Wildman–Crippen LogP) is 6.37. The zero-order valence-electron chi connectivity index (χ0n) is 20.4. The van der Waals surface area contributed by atoms with Crippen molar-refractivity contribution >= 4 is 22.4 Å². The summed E-state index contributed by atoms with van der Waals surface area (Å²) >= 11 is 0. The van der Waals surface area contributed by atoms with E-state index in [2.05, 4.69) is 5.32 Å². The first-order valence-electron chi connectivity index (χ1n) is 11.9. The van der Waals surface area contributed by atoms with Crippen molar-refractivity contribution in [2.75, 3.05) is 20.8 Å². The normalized spacial score (nSPS) is 14.8. The van der Waals surface area contributed by atoms with Crippen molar-refractivity contribution < 1.29 is 23.4 Å². The lowest BCUT2D eigenvalue weighted by molar-refractivity contribution is -0.117. The van der Waals surface area contributed by atoms with Crippen LogP contribution in [0.15, 0.2) is 47.1 Å². The molecule has 34 heavy (non-hydrogen) atoms. The van der Waals surface area contributed by atoms with Gasteiger partial charge in [0.1, 0.15) is 22.8 Å². The van der Waals surface area contributed by atoms with Crippen LogP contribution in [0, 0.1) is 0 Å². The number of furan rings is 1. The average molecular weight is 464 g/mol. The Morgan fingerprint density at radius 2 is 1.85 bits per heavy atom. The van der Waals surface area contributed by atoms with Gasteiger partial charge in [-0.3, -0.25) is 4.79 Å². The second-order valence-electron chi connectivity index (χ2n) is 8.66. The van der Waals surface area contributed by atoms with Crippen molar-refractivity contribution in [1.29, 1.82) is 0 Å². The van der Waals surface area contributed by atoms with E-state index < -0.39 is 0 Å². The quantitative estimate of drug-likeness (QED) is 0.393. The number of carbonyl (C=O) groups excluding carboxylic acids is 1. The molecular weight excluding hydrogens is 430 g/mol. The fraction of sp³-hybridized carbons (Fsp3) is 0.393. The van der Waals surface area contributed by atoms with Gasteiger partial charge in [-0.25, -0.2) is 0 Å². The van der Waals surface area contributed by atoms with Gasteiger partial charge in [-0.2, -0.15) is 0 Å². The van der Waals surface area contributed by atoms with Crippen molar-refractivity contribution in [2.45, 2.75) is 52.0 Å². The summed E-state index contributed by atoms with van der Waals surface area (Å²) in [5.74, 6) is 2.08. The Balaban J connectivity index is 1.74. The molecule has 0 bridgehead atoms. The second kappa shape index (κ2) is 10.7. The minimum atomic E-state index is -0.0613. The Morgan fingerprint density at radius 3 is 2.56 bits per heavy atom. The average Bonchev–Trinajstić information content (AvgIpc) is 3.26. The summed E-state index contributed by atoms with van der Waals surface area (Å²) in [6.07, 6.45) is 9.10. The van der Waals surface area contributed by atoms with Gasteiger partial charge in [0.05, 0.1) is 27.1 Å². The van der Waals surface area contributed by atoms with Gasteiger partial charge in [-0.15, -0.1) is 0 Å². The first-order valence-corrected chi connectivity index (χ1v) is 11.9. The molecule has 0 radical (unpaired) electrons. The number of allylic oxidation sites excluding steroid dienone is 1. The number of methoxy groups -OCH3 is 2. The van der Waals surface area contributed by atoms with E-state index in [1.807, 2.05) is 44.2 Å². The number of amides is 1. The second-order valence-corrected chi connectivity index (χ2v) is 8.66. The topological polar surface area (TPSA) is 69.9 Å². The molecule has 6 nitrogen and oxygen atoms in total. The maximum Gasteiger partial charge on any atom is 0.244 e. The lowest BCUT2D eigenvalue weighted by atomic mass is 9.95. The highest BCUT2D eigenvalue weighted by atomic mass is 16.5. The van der Waals surface area contributed by atoms with Crippen LogP contribution in [0.1, 0.15) is 51.5 Å². The molecule has 1 saturated carbocycles. The van der Waals surface area contributed by atoms with E-state index in [0.717, 1.165) is 52.0 Å². The highest BCUT2D eigenvalue weighted by Crippen LogP contribution is 2.41. The maximum absolute atomic E-state index is 12.7. The van der Waals surface area contributed by atoms with Crippen molar-refractivity contribution in [3.8, 4) is 28.4 Å². The van der Waals surface area contributed by atoms with Gasteiger partial charge in [0.2, 0.25) is 5.91 Å². The monoisotopic (exact) mass is 463 g/mol. The molecule has 1 amide bonds. The Morgan fingerprint density at radius 1 is 1.06 bits per heavy atom. The highest BCUT2D eigenvalue weighted by Gasteiger charge is 2.19. The molecule has 180 valence electrons. The van der Waals surface area contributed by atoms with Gasteiger partial charge < -0.3 is 23.9 Å². The standard InChI is InChI=1S/C28H33NO5/c1-5-33-26-16-27-23(24(17-34-27)22-14-20(31-3)11-12-25(22)32-4)15-21(26)18(2)13-28(30)29-19-9-7-6-8-10-19/h11-17,19H,5-10H2,1-4H3,(H,29,30)/b18-13+. The van der Waals surface area contributed by atoms with Gasteiger partial charge >= 0.3 is 0 Å². The molecule has 1 aliphatic rings. The van der Waals surface area contributed by atoms with E-state index in [-0.39, 0.29) is 11.9 Å². The molecule has 0 unspecified atom stereocenters. The minimum absolute atomic E-state index is 0.0613. The number of hydrogen-bond acceptors (Lipinski definition) is 5. The van der Waals surface area contributed by atoms with E-state index in [1.165, 1.54) is 19.3 Å². The number of ether oxygens (including phenoxy) is 3. The minimum Gasteiger partial charge on any atom is -0.497 e. The molecule has 6 heteroatoms. The molecule has 4 rings (SSSR count). The molecule has 0 aliphatic heterocycles. The van der Waals surface area contributed by atoms with Gasteiger partial charge in [0, 0.05) is 40.3 Å². The van der Waals surface area contributed by atoms with Crippen LogP contribution in [0.25, 0.3) is 27.7 Å². The van der Waals surface area contributed by atoms with Crippen LogP contribution in [0.5, 0.6) is 17.2 Å². The first-order chi connectivity index (χ1) is 16.5. The molecule has 2 aromatic carbocycles. The number of carbonyl (C=O) groups is 1. The first kappa shape index (κ1) is 23.7. The Bertz CT molecular complexity index is 1190. The Labute approximate surface area is 200 Å². The third-order valence-corrected chi connectivity index (χ3v) is 6.40. The van der Waals surface area contributed by atoms with E-state index in [0.29, 0.717) is 17.9 Å². The fourth-order valence-corrected chi connectivity index (χ4v) is 4.64. The maximum atomic E-state index is 12.7. The van der Waals surface area contributed by atoms with Crippen molar-refractivity contribution in [3.63, 3.8) is 0 Å². The number of hydrogen-bond donors (Lipinski definition) is 1. The summed E-state index contributed by atoms with van der Waals surface area (Å²) in [6, 6.07) is 9.85. The number of rotatable bonds is 8. The van der Waals surface area contributed by atoms with Crippen LogP contribution in [0.2, 0.25) is 0 Å². The lowest BCUT2D eigenvalue weighted by Crippen LogP contribution is -2.35. The molecule has 0 saturated heterocycles. The van der Waals surface area contributed by atoms with Crippen LogP contribution in [-0.4, -0.2) is 32.8 Å². The van der Waals surface area contributed by atoms with Gasteiger partial charge in [-0.05, 0) is 56.5 Å². The van der Waals surface area contributed by atoms with Gasteiger partial charge in [-0.1, -0.05) is 19.3 Å². The third-order valence-electron chi connectivity index (χ3n) is 6.40. The largest absolute Gasteiger partial charge is 0.497 e. The molecule has 1 heterocycles. The zero-order chi connectivity index (χ0) is 24.1. The molecule has 0 atom stereocenters. The lowest BCUT2D eigenvalue weighted by Gasteiger charge is -2.22. The molecule has 1 N–H and O–H groups in total. The molecule has 1 fully saturated rings. The van der Waals surface area contributed by atoms with E-state index >= 15 is 0 Å². The van der Waals surface area contributed by atoms with Gasteiger partial charge in [0.15, 0.2) is 0 Å². The third kappa shape index (κ3) is 5.06. The molecule has 0 spiro atoms. The molecule has 1 aromatic heterocycles. The van der Waals surface area contributed by atoms with E-state index in [1.54, 1.807) is 26.6 Å². The summed E-state index contributed by atoms with van der Waals surface area (Å²) in [4.78, 5) is 12.7. The number of nitrogens with one attached hydrogen (secondary N) is 1.